The van der Waals surface area contributed by atoms with Crippen LogP contribution in [-0.4, -0.2) is 50.7 Å². The lowest BCUT2D eigenvalue weighted by Gasteiger charge is -2.23. The first-order valence-corrected chi connectivity index (χ1v) is 6.11. The van der Waals surface area contributed by atoms with Crippen molar-refractivity contribution in [2.45, 2.75) is 18.9 Å². The van der Waals surface area contributed by atoms with Crippen LogP contribution in [0.1, 0.15) is 12.8 Å². The number of hydrogen-bond acceptors (Lipinski definition) is 5. The topological polar surface area (TPSA) is 79.5 Å². The molecule has 2 atom stereocenters. The van der Waals surface area contributed by atoms with E-state index in [0.717, 1.165) is 19.6 Å². The van der Waals surface area contributed by atoms with Crippen LogP contribution in [-0.2, 0) is 14.3 Å². The van der Waals surface area contributed by atoms with Crippen LogP contribution in [0.25, 0.3) is 0 Å². The summed E-state index contributed by atoms with van der Waals surface area (Å²) in [5, 5.41) is 8.88. The third kappa shape index (κ3) is 3.76. The van der Waals surface area contributed by atoms with Crippen molar-refractivity contribution < 1.29 is 14.3 Å². The van der Waals surface area contributed by atoms with E-state index >= 15 is 0 Å². The van der Waals surface area contributed by atoms with Crippen LogP contribution in [0.5, 0.6) is 0 Å². The Morgan fingerprint density at radius 1 is 1.35 bits per heavy atom. The van der Waals surface area contributed by atoms with Crippen molar-refractivity contribution in [1.29, 1.82) is 0 Å². The van der Waals surface area contributed by atoms with E-state index < -0.39 is 0 Å². The van der Waals surface area contributed by atoms with Gasteiger partial charge in [0.25, 0.3) is 0 Å². The van der Waals surface area contributed by atoms with Crippen molar-refractivity contribution in [2.75, 3.05) is 32.8 Å². The van der Waals surface area contributed by atoms with Crippen molar-refractivity contribution in [2.24, 2.45) is 5.92 Å². The maximum Gasteiger partial charge on any atom is 0.232 e. The Kier molecular flexibility index (Phi) is 4.47. The fourth-order valence-electron chi connectivity index (χ4n) is 2.11. The Balaban J connectivity index is 1.70. The Labute approximate surface area is 100 Å². The van der Waals surface area contributed by atoms with Gasteiger partial charge in [-0.2, -0.15) is 0 Å². The molecule has 0 aromatic carbocycles. The summed E-state index contributed by atoms with van der Waals surface area (Å²) in [6.07, 6.45) is 1.05. The van der Waals surface area contributed by atoms with Gasteiger partial charge in [0.05, 0.1) is 12.5 Å². The second-order valence-corrected chi connectivity index (χ2v) is 4.53. The molecule has 6 heteroatoms. The number of ether oxygens (including phenoxy) is 1. The number of piperazine rings is 1. The highest BCUT2D eigenvalue weighted by molar-refractivity contribution is 5.96. The van der Waals surface area contributed by atoms with Crippen molar-refractivity contribution >= 4 is 11.8 Å². The quantitative estimate of drug-likeness (QED) is 0.567. The van der Waals surface area contributed by atoms with Gasteiger partial charge in [-0.1, -0.05) is 0 Å². The average molecular weight is 241 g/mol. The normalized spacial score (nSPS) is 28.9. The number of hydrogen-bond donors (Lipinski definition) is 3. The molecule has 96 valence electrons. The van der Waals surface area contributed by atoms with Crippen LogP contribution in [0.3, 0.4) is 0 Å². The van der Waals surface area contributed by atoms with Crippen LogP contribution in [0, 0.1) is 5.92 Å². The van der Waals surface area contributed by atoms with E-state index in [1.807, 2.05) is 0 Å². The monoisotopic (exact) mass is 241 g/mol. The molecular weight excluding hydrogens is 222 g/mol. The standard InChI is InChI=1S/C11H19N3O3/c15-10(5-9-6-12-2-3-13-9)14-11(16)8-1-4-17-7-8/h8-9,12-13H,1-7H2,(H,14,15,16). The lowest BCUT2D eigenvalue weighted by molar-refractivity contribution is -0.133. The molecule has 2 aliphatic heterocycles. The first kappa shape index (κ1) is 12.5. The molecule has 0 spiro atoms. The molecule has 17 heavy (non-hydrogen) atoms. The van der Waals surface area contributed by atoms with Crippen LogP contribution in [0.4, 0.5) is 0 Å². The second kappa shape index (κ2) is 6.09. The van der Waals surface area contributed by atoms with Gasteiger partial charge >= 0.3 is 0 Å². The number of carbonyl (C=O) groups is 2. The summed E-state index contributed by atoms with van der Waals surface area (Å²) in [5.41, 5.74) is 0. The highest BCUT2D eigenvalue weighted by Crippen LogP contribution is 2.12. The van der Waals surface area contributed by atoms with Crippen molar-refractivity contribution in [1.82, 2.24) is 16.0 Å². The minimum absolute atomic E-state index is 0.122. The molecule has 0 aliphatic carbocycles. The van der Waals surface area contributed by atoms with E-state index in [2.05, 4.69) is 16.0 Å². The van der Waals surface area contributed by atoms with Crippen molar-refractivity contribution in [3.63, 3.8) is 0 Å². The molecule has 0 saturated carbocycles. The molecule has 0 aromatic rings. The van der Waals surface area contributed by atoms with Crippen LogP contribution < -0.4 is 16.0 Å². The van der Waals surface area contributed by atoms with Crippen LogP contribution >= 0.6 is 0 Å². The summed E-state index contributed by atoms with van der Waals surface area (Å²) in [5.74, 6) is -0.559. The fourth-order valence-corrected chi connectivity index (χ4v) is 2.11. The second-order valence-electron chi connectivity index (χ2n) is 4.53. The molecule has 2 aliphatic rings. The lowest BCUT2D eigenvalue weighted by Crippen LogP contribution is -2.50. The maximum absolute atomic E-state index is 11.6. The molecule has 2 rings (SSSR count). The minimum atomic E-state index is -0.205. The number of nitrogens with one attached hydrogen (secondary N) is 3. The van der Waals surface area contributed by atoms with Gasteiger partial charge in [-0.05, 0) is 6.42 Å². The fraction of sp³-hybridized carbons (Fsp3) is 0.818. The third-order valence-corrected chi connectivity index (χ3v) is 3.12. The third-order valence-electron chi connectivity index (χ3n) is 3.12. The predicted octanol–water partition coefficient (Wildman–Crippen LogP) is -1.38. The summed E-state index contributed by atoms with van der Waals surface area (Å²) < 4.78 is 5.12. The van der Waals surface area contributed by atoms with E-state index in [1.165, 1.54) is 0 Å². The number of carbonyl (C=O) groups excluding carboxylic acids is 2. The zero-order chi connectivity index (χ0) is 12.1. The van der Waals surface area contributed by atoms with Gasteiger partial charge in [0, 0.05) is 38.7 Å². The molecule has 3 N–H and O–H groups in total. The molecule has 2 unspecified atom stereocenters. The Hall–Kier alpha value is -0.980. The Morgan fingerprint density at radius 3 is 2.88 bits per heavy atom. The first-order chi connectivity index (χ1) is 8.25. The number of imide groups is 1. The van der Waals surface area contributed by atoms with E-state index in [-0.39, 0.29) is 23.8 Å². The number of rotatable bonds is 3. The van der Waals surface area contributed by atoms with Gasteiger partial charge in [-0.25, -0.2) is 0 Å². The maximum atomic E-state index is 11.6. The minimum Gasteiger partial charge on any atom is -0.381 e. The SMILES string of the molecule is O=C(CC1CNCCN1)NC(=O)C1CCOC1. The molecule has 2 heterocycles. The van der Waals surface area contributed by atoms with E-state index in [4.69, 9.17) is 4.74 Å². The zero-order valence-corrected chi connectivity index (χ0v) is 9.83. The molecule has 2 saturated heterocycles. The highest BCUT2D eigenvalue weighted by atomic mass is 16.5. The van der Waals surface area contributed by atoms with E-state index in [9.17, 15) is 9.59 Å². The van der Waals surface area contributed by atoms with Crippen molar-refractivity contribution in [3.05, 3.63) is 0 Å². The lowest BCUT2D eigenvalue weighted by atomic mass is 10.1. The van der Waals surface area contributed by atoms with Gasteiger partial charge in [0.1, 0.15) is 0 Å². The Morgan fingerprint density at radius 2 is 2.24 bits per heavy atom. The average Bonchev–Trinajstić information content (AvgIpc) is 2.83. The van der Waals surface area contributed by atoms with Gasteiger partial charge < -0.3 is 15.4 Å². The molecule has 2 amide bonds. The highest BCUT2D eigenvalue weighted by Gasteiger charge is 2.25. The van der Waals surface area contributed by atoms with Gasteiger partial charge in [-0.15, -0.1) is 0 Å². The smallest absolute Gasteiger partial charge is 0.232 e. The molecule has 0 bridgehead atoms. The summed E-state index contributed by atoms with van der Waals surface area (Å²) in [6.45, 7) is 3.61. The van der Waals surface area contributed by atoms with Gasteiger partial charge in [-0.3, -0.25) is 14.9 Å². The van der Waals surface area contributed by atoms with Crippen LogP contribution in [0.2, 0.25) is 0 Å². The largest absolute Gasteiger partial charge is 0.381 e. The molecule has 6 nitrogen and oxygen atoms in total. The van der Waals surface area contributed by atoms with Crippen molar-refractivity contribution in [3.8, 4) is 0 Å². The van der Waals surface area contributed by atoms with E-state index in [0.29, 0.717) is 26.1 Å². The molecule has 0 radical (unpaired) electrons. The summed E-state index contributed by atoms with van der Waals surface area (Å²) in [6, 6.07) is 0.122. The van der Waals surface area contributed by atoms with Crippen LogP contribution in [0.15, 0.2) is 0 Å². The van der Waals surface area contributed by atoms with Gasteiger partial charge in [0.2, 0.25) is 11.8 Å². The molecular formula is C11H19N3O3. The summed E-state index contributed by atoms with van der Waals surface area (Å²) >= 11 is 0. The first-order valence-electron chi connectivity index (χ1n) is 6.11. The molecule has 2 fully saturated rings. The summed E-state index contributed by atoms with van der Waals surface area (Å²) in [4.78, 5) is 23.3. The predicted molar refractivity (Wildman–Crippen MR) is 61.4 cm³/mol. The zero-order valence-electron chi connectivity index (χ0n) is 9.83. The number of amides is 2. The Bertz CT molecular complexity index is 284. The van der Waals surface area contributed by atoms with Gasteiger partial charge in [0.15, 0.2) is 0 Å². The molecule has 0 aromatic heterocycles. The summed E-state index contributed by atoms with van der Waals surface area (Å²) in [7, 11) is 0. The van der Waals surface area contributed by atoms with E-state index in [1.54, 1.807) is 0 Å².